The number of unbranched alkanes of at least 4 members (excludes halogenated alkanes) is 1. The second-order valence-corrected chi connectivity index (χ2v) is 8.07. The van der Waals surface area contributed by atoms with Gasteiger partial charge in [0.25, 0.3) is 5.91 Å². The molecule has 1 aliphatic heterocycles. The third-order valence-electron chi connectivity index (χ3n) is 5.76. The van der Waals surface area contributed by atoms with E-state index in [9.17, 15) is 14.4 Å². The van der Waals surface area contributed by atoms with Crippen molar-refractivity contribution < 1.29 is 19.6 Å². The highest BCUT2D eigenvalue weighted by Gasteiger charge is 2.46. The van der Waals surface area contributed by atoms with Gasteiger partial charge in [0.15, 0.2) is 0 Å². The van der Waals surface area contributed by atoms with Crippen LogP contribution in [0.5, 0.6) is 0 Å². The maximum Gasteiger partial charge on any atom is 0.312 e. The molecule has 1 aromatic rings. The van der Waals surface area contributed by atoms with Gasteiger partial charge < -0.3 is 16.0 Å². The molecule has 0 aliphatic carbocycles. The van der Waals surface area contributed by atoms with Crippen LogP contribution >= 0.6 is 0 Å². The van der Waals surface area contributed by atoms with E-state index < -0.39 is 23.4 Å². The van der Waals surface area contributed by atoms with E-state index in [-0.39, 0.29) is 5.91 Å². The number of urea groups is 1. The Bertz CT molecular complexity index is 722. The van der Waals surface area contributed by atoms with Gasteiger partial charge in [-0.2, -0.15) is 0 Å². The standard InChI is InChI=1S/C21H32N4O4/c1-15-6-8-16(9-7-15)10-11-21(2)12-14-25(19(21)27)17(18(26)24-29)5-3-4-13-23-20(22)28/h6-9,17,29H,3-5,10-14H2,1-2H3,(H,24,26)(H3,22,23,28)/t17-,21?/m1/s1. The molecule has 0 bridgehead atoms. The van der Waals surface area contributed by atoms with Crippen LogP contribution in [0.15, 0.2) is 24.3 Å². The van der Waals surface area contributed by atoms with Crippen LogP contribution in [-0.2, 0) is 16.0 Å². The number of nitrogens with one attached hydrogen (secondary N) is 2. The van der Waals surface area contributed by atoms with Crippen molar-refractivity contribution in [1.82, 2.24) is 15.7 Å². The monoisotopic (exact) mass is 404 g/mol. The fraction of sp³-hybridized carbons (Fsp3) is 0.571. The summed E-state index contributed by atoms with van der Waals surface area (Å²) in [6, 6.07) is 6.98. The molecule has 1 unspecified atom stereocenters. The summed E-state index contributed by atoms with van der Waals surface area (Å²) in [5, 5.41) is 11.6. The zero-order valence-corrected chi connectivity index (χ0v) is 17.2. The second kappa shape index (κ2) is 10.2. The van der Waals surface area contributed by atoms with Gasteiger partial charge in [-0.1, -0.05) is 36.8 Å². The number of nitrogens with two attached hydrogens (primary N) is 1. The molecule has 2 rings (SSSR count). The molecular weight excluding hydrogens is 372 g/mol. The van der Waals surface area contributed by atoms with E-state index in [1.807, 2.05) is 13.8 Å². The number of hydrogen-bond acceptors (Lipinski definition) is 4. The van der Waals surface area contributed by atoms with Crippen LogP contribution in [0, 0.1) is 12.3 Å². The van der Waals surface area contributed by atoms with Crippen LogP contribution in [-0.4, -0.2) is 47.1 Å². The Morgan fingerprint density at radius 3 is 2.59 bits per heavy atom. The molecule has 29 heavy (non-hydrogen) atoms. The van der Waals surface area contributed by atoms with Gasteiger partial charge in [0, 0.05) is 18.5 Å². The largest absolute Gasteiger partial charge is 0.352 e. The molecule has 1 fully saturated rings. The Morgan fingerprint density at radius 1 is 1.28 bits per heavy atom. The number of aryl methyl sites for hydroxylation is 2. The zero-order valence-electron chi connectivity index (χ0n) is 17.2. The van der Waals surface area contributed by atoms with Crippen LogP contribution in [0.25, 0.3) is 0 Å². The molecule has 2 atom stereocenters. The van der Waals surface area contributed by atoms with E-state index in [1.165, 1.54) is 11.1 Å². The summed E-state index contributed by atoms with van der Waals surface area (Å²) in [5.74, 6) is -0.627. The lowest BCUT2D eigenvalue weighted by atomic mass is 9.82. The van der Waals surface area contributed by atoms with Gasteiger partial charge in [0.1, 0.15) is 6.04 Å². The second-order valence-electron chi connectivity index (χ2n) is 8.07. The van der Waals surface area contributed by atoms with Crippen molar-refractivity contribution in [3.05, 3.63) is 35.4 Å². The smallest absolute Gasteiger partial charge is 0.312 e. The number of rotatable bonds is 10. The third kappa shape index (κ3) is 6.19. The Morgan fingerprint density at radius 2 is 1.97 bits per heavy atom. The average Bonchev–Trinajstić information content (AvgIpc) is 2.98. The molecular formula is C21H32N4O4. The summed E-state index contributed by atoms with van der Waals surface area (Å²) in [5.41, 5.74) is 8.59. The molecule has 160 valence electrons. The van der Waals surface area contributed by atoms with Gasteiger partial charge in [-0.05, 0) is 51.0 Å². The lowest BCUT2D eigenvalue weighted by molar-refractivity contribution is -0.146. The van der Waals surface area contributed by atoms with Gasteiger partial charge in [0.05, 0.1) is 0 Å². The Balaban J connectivity index is 1.95. The van der Waals surface area contributed by atoms with Crippen molar-refractivity contribution in [2.24, 2.45) is 11.1 Å². The molecule has 8 nitrogen and oxygen atoms in total. The van der Waals surface area contributed by atoms with Crippen LogP contribution in [0.3, 0.4) is 0 Å². The highest BCUT2D eigenvalue weighted by Crippen LogP contribution is 2.37. The van der Waals surface area contributed by atoms with Gasteiger partial charge in [0.2, 0.25) is 5.91 Å². The first-order valence-electron chi connectivity index (χ1n) is 10.1. The molecule has 1 saturated heterocycles. The molecule has 0 spiro atoms. The number of primary amides is 1. The first kappa shape index (κ1) is 22.7. The normalized spacial score (nSPS) is 19.8. The topological polar surface area (TPSA) is 125 Å². The number of benzene rings is 1. The minimum Gasteiger partial charge on any atom is -0.352 e. The van der Waals surface area contributed by atoms with E-state index in [1.54, 1.807) is 10.4 Å². The number of carbonyl (C=O) groups is 3. The van der Waals surface area contributed by atoms with Crippen LogP contribution in [0.2, 0.25) is 0 Å². The summed E-state index contributed by atoms with van der Waals surface area (Å²) in [6.07, 6.45) is 3.84. The summed E-state index contributed by atoms with van der Waals surface area (Å²) >= 11 is 0. The minimum atomic E-state index is -0.720. The molecule has 1 aliphatic rings. The Kier molecular flexibility index (Phi) is 8.01. The fourth-order valence-corrected chi connectivity index (χ4v) is 3.80. The molecule has 0 radical (unpaired) electrons. The first-order chi connectivity index (χ1) is 13.8. The third-order valence-corrected chi connectivity index (χ3v) is 5.76. The maximum atomic E-state index is 13.1. The van der Waals surface area contributed by atoms with E-state index in [2.05, 4.69) is 29.6 Å². The predicted octanol–water partition coefficient (Wildman–Crippen LogP) is 1.88. The number of amides is 4. The van der Waals surface area contributed by atoms with E-state index in [4.69, 9.17) is 10.9 Å². The van der Waals surface area contributed by atoms with Crippen molar-refractivity contribution in [3.8, 4) is 0 Å². The molecule has 0 aromatic heterocycles. The van der Waals surface area contributed by atoms with Gasteiger partial charge in [-0.25, -0.2) is 10.3 Å². The van der Waals surface area contributed by atoms with Crippen molar-refractivity contribution in [2.45, 2.75) is 58.4 Å². The van der Waals surface area contributed by atoms with Crippen LogP contribution in [0.1, 0.15) is 50.2 Å². The van der Waals surface area contributed by atoms with Gasteiger partial charge in [-0.15, -0.1) is 0 Å². The predicted molar refractivity (Wildman–Crippen MR) is 109 cm³/mol. The minimum absolute atomic E-state index is 0.0477. The number of hydrogen-bond donors (Lipinski definition) is 4. The highest BCUT2D eigenvalue weighted by molar-refractivity contribution is 5.91. The molecule has 1 aromatic carbocycles. The Labute approximate surface area is 171 Å². The number of likely N-dealkylation sites (tertiary alicyclic amines) is 1. The molecule has 5 N–H and O–H groups in total. The molecule has 1 heterocycles. The van der Waals surface area contributed by atoms with Crippen LogP contribution in [0.4, 0.5) is 4.79 Å². The van der Waals surface area contributed by atoms with E-state index in [0.29, 0.717) is 45.2 Å². The molecule has 4 amide bonds. The quantitative estimate of drug-likeness (QED) is 0.270. The first-order valence-corrected chi connectivity index (χ1v) is 10.1. The van der Waals surface area contributed by atoms with Crippen molar-refractivity contribution in [2.75, 3.05) is 13.1 Å². The van der Waals surface area contributed by atoms with Crippen molar-refractivity contribution >= 4 is 17.8 Å². The summed E-state index contributed by atoms with van der Waals surface area (Å²) in [7, 11) is 0. The highest BCUT2D eigenvalue weighted by atomic mass is 16.5. The van der Waals surface area contributed by atoms with E-state index >= 15 is 0 Å². The number of nitrogens with zero attached hydrogens (tertiary/aromatic N) is 1. The molecule has 0 saturated carbocycles. The zero-order chi connectivity index (χ0) is 21.4. The van der Waals surface area contributed by atoms with Crippen LogP contribution < -0.4 is 16.5 Å². The van der Waals surface area contributed by atoms with Crippen molar-refractivity contribution in [3.63, 3.8) is 0 Å². The summed E-state index contributed by atoms with van der Waals surface area (Å²) in [6.45, 7) is 4.89. The van der Waals surface area contributed by atoms with Gasteiger partial charge >= 0.3 is 6.03 Å². The Hall–Kier alpha value is -2.61. The fourth-order valence-electron chi connectivity index (χ4n) is 3.80. The lowest BCUT2D eigenvalue weighted by Crippen LogP contribution is -2.48. The maximum absolute atomic E-state index is 13.1. The van der Waals surface area contributed by atoms with Crippen molar-refractivity contribution in [1.29, 1.82) is 0 Å². The van der Waals surface area contributed by atoms with Gasteiger partial charge in [-0.3, -0.25) is 14.8 Å². The molecule has 8 heteroatoms. The van der Waals surface area contributed by atoms with E-state index in [0.717, 1.165) is 6.42 Å². The number of hydroxylamine groups is 1. The SMILES string of the molecule is Cc1ccc(CCC2(C)CCN([C@H](CCCCNC(N)=O)C(=O)NO)C2=O)cc1. The average molecular weight is 405 g/mol. The summed E-state index contributed by atoms with van der Waals surface area (Å²) < 4.78 is 0. The lowest BCUT2D eigenvalue weighted by Gasteiger charge is -2.29. The summed E-state index contributed by atoms with van der Waals surface area (Å²) in [4.78, 5) is 37.6. The number of carbonyl (C=O) groups excluding carboxylic acids is 3.